The van der Waals surface area contributed by atoms with Crippen LogP contribution in [-0.4, -0.2) is 42.5 Å². The molecule has 0 saturated carbocycles. The van der Waals surface area contributed by atoms with E-state index in [1.54, 1.807) is 18.2 Å². The second-order valence-corrected chi connectivity index (χ2v) is 5.22. The number of nitrogens with zero attached hydrogens (tertiary/aromatic N) is 1. The number of nitrogen functional groups attached to an aromatic ring is 2. The van der Waals surface area contributed by atoms with Crippen molar-refractivity contribution in [1.82, 2.24) is 4.90 Å². The molecule has 19 heavy (non-hydrogen) atoms. The van der Waals surface area contributed by atoms with Gasteiger partial charge in [-0.1, -0.05) is 0 Å². The third kappa shape index (κ3) is 3.45. The lowest BCUT2D eigenvalue weighted by molar-refractivity contribution is -0.0652. The lowest BCUT2D eigenvalue weighted by atomic mass is 10.1. The van der Waals surface area contributed by atoms with E-state index in [0.29, 0.717) is 23.5 Å². The fourth-order valence-corrected chi connectivity index (χ4v) is 2.46. The second kappa shape index (κ2) is 5.59. The van der Waals surface area contributed by atoms with Gasteiger partial charge in [0, 0.05) is 18.7 Å². The van der Waals surface area contributed by atoms with Crippen molar-refractivity contribution >= 4 is 17.2 Å². The maximum atomic E-state index is 12.2. The molecular weight excluding hydrogens is 242 g/mol. The van der Waals surface area contributed by atoms with E-state index in [0.717, 1.165) is 13.1 Å². The van der Waals surface area contributed by atoms with Crippen LogP contribution in [-0.2, 0) is 4.74 Å². The Morgan fingerprint density at radius 2 is 1.89 bits per heavy atom. The number of ether oxygens (including phenoxy) is 1. The van der Waals surface area contributed by atoms with E-state index in [-0.39, 0.29) is 18.0 Å². The number of benzene rings is 1. The molecule has 0 aliphatic carbocycles. The van der Waals surface area contributed by atoms with Crippen molar-refractivity contribution in [2.45, 2.75) is 26.1 Å². The van der Waals surface area contributed by atoms with E-state index < -0.39 is 0 Å². The van der Waals surface area contributed by atoms with Crippen LogP contribution in [0.4, 0.5) is 11.4 Å². The van der Waals surface area contributed by atoms with Gasteiger partial charge >= 0.3 is 0 Å². The zero-order chi connectivity index (χ0) is 14.0. The number of rotatable bonds is 3. The highest BCUT2D eigenvalue weighted by Crippen LogP contribution is 2.17. The van der Waals surface area contributed by atoms with Crippen LogP contribution in [0.3, 0.4) is 0 Å². The Labute approximate surface area is 113 Å². The molecule has 5 nitrogen and oxygen atoms in total. The molecule has 1 aromatic rings. The van der Waals surface area contributed by atoms with Crippen LogP contribution >= 0.6 is 0 Å². The van der Waals surface area contributed by atoms with Gasteiger partial charge in [0.2, 0.25) is 0 Å². The average molecular weight is 263 g/mol. The number of anilines is 2. The van der Waals surface area contributed by atoms with Gasteiger partial charge < -0.3 is 16.2 Å². The summed E-state index contributed by atoms with van der Waals surface area (Å²) in [4.78, 5) is 14.3. The molecule has 0 amide bonds. The molecule has 5 heteroatoms. The standard InChI is InChI=1S/C14H21N3O2/c1-9-6-17(7-10(2)19-9)8-14(18)11-3-4-12(15)13(16)5-11/h3-5,9-10H,6-8,15-16H2,1-2H3. The summed E-state index contributed by atoms with van der Waals surface area (Å²) in [5, 5.41) is 0. The van der Waals surface area contributed by atoms with Crippen LogP contribution in [0.2, 0.25) is 0 Å². The van der Waals surface area contributed by atoms with Gasteiger partial charge in [0.25, 0.3) is 0 Å². The summed E-state index contributed by atoms with van der Waals surface area (Å²) in [6.45, 7) is 5.99. The van der Waals surface area contributed by atoms with Crippen LogP contribution in [0.25, 0.3) is 0 Å². The van der Waals surface area contributed by atoms with Gasteiger partial charge in [-0.2, -0.15) is 0 Å². The van der Waals surface area contributed by atoms with E-state index in [4.69, 9.17) is 16.2 Å². The first-order valence-corrected chi connectivity index (χ1v) is 6.51. The summed E-state index contributed by atoms with van der Waals surface area (Å²) in [5.41, 5.74) is 12.9. The van der Waals surface area contributed by atoms with Gasteiger partial charge in [-0.3, -0.25) is 9.69 Å². The Morgan fingerprint density at radius 3 is 2.47 bits per heavy atom. The van der Waals surface area contributed by atoms with Crippen molar-refractivity contribution in [3.63, 3.8) is 0 Å². The molecule has 2 unspecified atom stereocenters. The highest BCUT2D eigenvalue weighted by atomic mass is 16.5. The fourth-order valence-electron chi connectivity index (χ4n) is 2.46. The molecule has 1 saturated heterocycles. The Bertz CT molecular complexity index is 466. The Kier molecular flexibility index (Phi) is 4.07. The maximum absolute atomic E-state index is 12.2. The molecule has 0 bridgehead atoms. The molecule has 1 fully saturated rings. The number of ketones is 1. The Morgan fingerprint density at radius 1 is 1.26 bits per heavy atom. The number of carbonyl (C=O) groups excluding carboxylic acids is 1. The first-order valence-electron chi connectivity index (χ1n) is 6.51. The van der Waals surface area contributed by atoms with Crippen LogP contribution in [0, 0.1) is 0 Å². The van der Waals surface area contributed by atoms with E-state index in [2.05, 4.69) is 4.90 Å². The van der Waals surface area contributed by atoms with Crippen molar-refractivity contribution in [1.29, 1.82) is 0 Å². The minimum absolute atomic E-state index is 0.0630. The van der Waals surface area contributed by atoms with Gasteiger partial charge in [0.15, 0.2) is 5.78 Å². The first-order chi connectivity index (χ1) is 8.95. The van der Waals surface area contributed by atoms with Crippen LogP contribution < -0.4 is 11.5 Å². The maximum Gasteiger partial charge on any atom is 0.176 e. The Hall–Kier alpha value is -1.59. The molecule has 2 atom stereocenters. The lowest BCUT2D eigenvalue weighted by Crippen LogP contribution is -2.47. The van der Waals surface area contributed by atoms with E-state index in [1.807, 2.05) is 13.8 Å². The van der Waals surface area contributed by atoms with E-state index in [1.165, 1.54) is 0 Å². The quantitative estimate of drug-likeness (QED) is 0.631. The lowest BCUT2D eigenvalue weighted by Gasteiger charge is -2.34. The monoisotopic (exact) mass is 263 g/mol. The smallest absolute Gasteiger partial charge is 0.176 e. The third-order valence-corrected chi connectivity index (χ3v) is 3.27. The van der Waals surface area contributed by atoms with Crippen molar-refractivity contribution in [2.75, 3.05) is 31.1 Å². The fraction of sp³-hybridized carbons (Fsp3) is 0.500. The van der Waals surface area contributed by atoms with Crippen LogP contribution in [0.5, 0.6) is 0 Å². The minimum atomic E-state index is 0.0630. The summed E-state index contributed by atoms with van der Waals surface area (Å²) in [6, 6.07) is 5.04. The summed E-state index contributed by atoms with van der Waals surface area (Å²) < 4.78 is 5.65. The number of hydrogen-bond acceptors (Lipinski definition) is 5. The molecule has 1 aromatic carbocycles. The van der Waals surface area contributed by atoms with Crippen molar-refractivity contribution in [2.24, 2.45) is 0 Å². The minimum Gasteiger partial charge on any atom is -0.397 e. The number of hydrogen-bond donors (Lipinski definition) is 2. The predicted molar refractivity (Wildman–Crippen MR) is 76.0 cm³/mol. The second-order valence-electron chi connectivity index (χ2n) is 5.22. The Balaban J connectivity index is 2.02. The van der Waals surface area contributed by atoms with E-state index in [9.17, 15) is 4.79 Å². The van der Waals surface area contributed by atoms with Gasteiger partial charge in [-0.25, -0.2) is 0 Å². The van der Waals surface area contributed by atoms with Crippen molar-refractivity contribution < 1.29 is 9.53 Å². The first kappa shape index (κ1) is 13.8. The van der Waals surface area contributed by atoms with Gasteiger partial charge in [-0.05, 0) is 32.0 Å². The molecule has 1 aliphatic heterocycles. The SMILES string of the molecule is CC1CN(CC(=O)c2ccc(N)c(N)c2)CC(C)O1. The summed E-state index contributed by atoms with van der Waals surface area (Å²) in [7, 11) is 0. The van der Waals surface area contributed by atoms with E-state index >= 15 is 0 Å². The molecule has 0 radical (unpaired) electrons. The largest absolute Gasteiger partial charge is 0.397 e. The zero-order valence-corrected chi connectivity index (χ0v) is 11.4. The molecule has 4 N–H and O–H groups in total. The average Bonchev–Trinajstić information content (AvgIpc) is 2.31. The predicted octanol–water partition coefficient (Wildman–Crippen LogP) is 1.14. The molecule has 1 heterocycles. The van der Waals surface area contributed by atoms with Crippen molar-refractivity contribution in [3.8, 4) is 0 Å². The summed E-state index contributed by atoms with van der Waals surface area (Å²) in [5.74, 6) is 0.0630. The van der Waals surface area contributed by atoms with Crippen LogP contribution in [0.1, 0.15) is 24.2 Å². The van der Waals surface area contributed by atoms with Gasteiger partial charge in [0.1, 0.15) is 0 Å². The number of nitrogens with two attached hydrogens (primary N) is 2. The molecule has 1 aliphatic rings. The van der Waals surface area contributed by atoms with Gasteiger partial charge in [-0.15, -0.1) is 0 Å². The molecule has 0 aromatic heterocycles. The highest BCUT2D eigenvalue weighted by Gasteiger charge is 2.24. The topological polar surface area (TPSA) is 81.6 Å². The highest BCUT2D eigenvalue weighted by molar-refractivity contribution is 5.99. The molecule has 2 rings (SSSR count). The zero-order valence-electron chi connectivity index (χ0n) is 11.4. The number of morpholine rings is 1. The number of carbonyl (C=O) groups is 1. The third-order valence-electron chi connectivity index (χ3n) is 3.27. The number of Topliss-reactive ketones (excluding diaryl/α,β-unsaturated/α-hetero) is 1. The summed E-state index contributed by atoms with van der Waals surface area (Å²) >= 11 is 0. The summed E-state index contributed by atoms with van der Waals surface area (Å²) in [6.07, 6.45) is 0.320. The molecule has 104 valence electrons. The molecule has 0 spiro atoms. The van der Waals surface area contributed by atoms with Gasteiger partial charge in [0.05, 0.1) is 30.1 Å². The molecular formula is C14H21N3O2. The van der Waals surface area contributed by atoms with Crippen molar-refractivity contribution in [3.05, 3.63) is 23.8 Å². The van der Waals surface area contributed by atoms with Crippen LogP contribution in [0.15, 0.2) is 18.2 Å². The normalized spacial score (nSPS) is 24.3.